The Hall–Kier alpha value is -1.59. The van der Waals surface area contributed by atoms with Crippen LogP contribution in [0.4, 0.5) is 0 Å². The van der Waals surface area contributed by atoms with E-state index in [4.69, 9.17) is 22.4 Å². The molecule has 5 nitrogen and oxygen atoms in total. The van der Waals surface area contributed by atoms with Crippen molar-refractivity contribution in [2.75, 3.05) is 0 Å². The van der Waals surface area contributed by atoms with E-state index < -0.39 is 17.9 Å². The van der Waals surface area contributed by atoms with Gasteiger partial charge in [0, 0.05) is 11.6 Å². The minimum Gasteiger partial charge on any atom is -0.480 e. The highest BCUT2D eigenvalue weighted by Gasteiger charge is 2.20. The van der Waals surface area contributed by atoms with E-state index in [0.717, 1.165) is 5.56 Å². The number of hydrogen-bond acceptors (Lipinski definition) is 3. The largest absolute Gasteiger partial charge is 0.480 e. The highest BCUT2D eigenvalue weighted by atomic mass is 35.5. The summed E-state index contributed by atoms with van der Waals surface area (Å²) in [5, 5.41) is 11.5. The van der Waals surface area contributed by atoms with Crippen LogP contribution in [0.3, 0.4) is 0 Å². The maximum Gasteiger partial charge on any atom is 0.330 e. The number of nitrogens with two attached hydrogens (primary N) is 1. The highest BCUT2D eigenvalue weighted by molar-refractivity contribution is 6.30. The number of carbonyl (C=O) groups is 2. The average Bonchev–Trinajstić information content (AvgIpc) is 2.26. The molecule has 0 bridgehead atoms. The molecule has 0 aliphatic heterocycles. The van der Waals surface area contributed by atoms with E-state index in [1.165, 1.54) is 0 Å². The fourth-order valence-electron chi connectivity index (χ4n) is 1.01. The molecule has 1 unspecified atom stereocenters. The van der Waals surface area contributed by atoms with Crippen LogP contribution in [-0.4, -0.2) is 23.0 Å². The Balaban J connectivity index is 2.49. The van der Waals surface area contributed by atoms with E-state index in [9.17, 15) is 9.59 Å². The lowest BCUT2D eigenvalue weighted by Crippen LogP contribution is -2.45. The van der Waals surface area contributed by atoms with Crippen molar-refractivity contribution in [2.24, 2.45) is 5.73 Å². The van der Waals surface area contributed by atoms with Crippen molar-refractivity contribution in [3.8, 4) is 0 Å². The number of carbonyl (C=O) groups excluding carboxylic acids is 1. The van der Waals surface area contributed by atoms with Crippen LogP contribution in [0.15, 0.2) is 24.3 Å². The van der Waals surface area contributed by atoms with Gasteiger partial charge in [-0.1, -0.05) is 23.7 Å². The van der Waals surface area contributed by atoms with Crippen LogP contribution >= 0.6 is 11.6 Å². The number of aliphatic carboxylic acids is 1. The van der Waals surface area contributed by atoms with Crippen molar-refractivity contribution in [3.05, 3.63) is 34.9 Å². The summed E-state index contributed by atoms with van der Waals surface area (Å²) in [6.45, 7) is 0.219. The Kier molecular flexibility index (Phi) is 4.28. The Morgan fingerprint density at radius 1 is 1.38 bits per heavy atom. The quantitative estimate of drug-likeness (QED) is 0.665. The van der Waals surface area contributed by atoms with Crippen molar-refractivity contribution in [2.45, 2.75) is 12.6 Å². The fraction of sp³-hybridized carbons (Fsp3) is 0.200. The number of nitrogens with one attached hydrogen (secondary N) is 1. The summed E-state index contributed by atoms with van der Waals surface area (Å²) >= 11 is 5.68. The van der Waals surface area contributed by atoms with Gasteiger partial charge in [0.1, 0.15) is 0 Å². The van der Waals surface area contributed by atoms with Crippen LogP contribution in [0.1, 0.15) is 5.56 Å². The monoisotopic (exact) mass is 242 g/mol. The summed E-state index contributed by atoms with van der Waals surface area (Å²) in [6.07, 6.45) is 0. The molecule has 1 aromatic rings. The molecule has 0 fully saturated rings. The van der Waals surface area contributed by atoms with Gasteiger partial charge in [0.05, 0.1) is 0 Å². The van der Waals surface area contributed by atoms with Crippen molar-refractivity contribution >= 4 is 23.5 Å². The first-order valence-electron chi connectivity index (χ1n) is 4.51. The van der Waals surface area contributed by atoms with Gasteiger partial charge in [0.2, 0.25) is 5.91 Å². The molecular weight excluding hydrogens is 232 g/mol. The highest BCUT2D eigenvalue weighted by Crippen LogP contribution is 2.08. The SMILES string of the molecule is NC(C(=O)O)C(=O)NCc1ccc(Cl)cc1. The van der Waals surface area contributed by atoms with Crippen LogP contribution in [0.5, 0.6) is 0 Å². The Morgan fingerprint density at radius 2 is 1.94 bits per heavy atom. The van der Waals surface area contributed by atoms with Gasteiger partial charge in [0.15, 0.2) is 6.04 Å². The molecule has 1 amide bonds. The number of rotatable bonds is 4. The third-order valence-electron chi connectivity index (χ3n) is 1.93. The maximum absolute atomic E-state index is 11.2. The summed E-state index contributed by atoms with van der Waals surface area (Å²) in [7, 11) is 0. The van der Waals surface area contributed by atoms with Crippen LogP contribution in [0, 0.1) is 0 Å². The fourth-order valence-corrected chi connectivity index (χ4v) is 1.14. The standard InChI is InChI=1S/C10H11ClN2O3/c11-7-3-1-6(2-4-7)5-13-9(14)8(12)10(15)16/h1-4,8H,5,12H2,(H,13,14)(H,15,16). The lowest BCUT2D eigenvalue weighted by molar-refractivity contribution is -0.142. The van der Waals surface area contributed by atoms with Crippen LogP contribution in [0.2, 0.25) is 5.02 Å². The van der Waals surface area contributed by atoms with Crippen LogP contribution < -0.4 is 11.1 Å². The summed E-state index contributed by atoms with van der Waals surface area (Å²) in [6, 6.07) is 5.29. The van der Waals surface area contributed by atoms with Gasteiger partial charge >= 0.3 is 5.97 Å². The average molecular weight is 243 g/mol. The van der Waals surface area contributed by atoms with Crippen LogP contribution in [-0.2, 0) is 16.1 Å². The molecule has 0 saturated heterocycles. The molecule has 0 aliphatic rings. The van der Waals surface area contributed by atoms with Gasteiger partial charge in [-0.05, 0) is 17.7 Å². The van der Waals surface area contributed by atoms with Crippen molar-refractivity contribution in [1.29, 1.82) is 0 Å². The Bertz CT molecular complexity index is 392. The minimum absolute atomic E-state index is 0.219. The molecule has 0 radical (unpaired) electrons. The van der Waals surface area contributed by atoms with E-state index >= 15 is 0 Å². The molecule has 1 aromatic carbocycles. The Labute approximate surface area is 97.2 Å². The summed E-state index contributed by atoms with van der Waals surface area (Å²) in [5.74, 6) is -2.07. The number of amides is 1. The molecule has 0 heterocycles. The summed E-state index contributed by atoms with van der Waals surface area (Å²) < 4.78 is 0. The van der Waals surface area contributed by atoms with E-state index in [1.807, 2.05) is 0 Å². The molecule has 0 spiro atoms. The second-order valence-corrected chi connectivity index (χ2v) is 3.60. The number of carboxylic acid groups (broad SMARTS) is 1. The Morgan fingerprint density at radius 3 is 2.44 bits per heavy atom. The number of carboxylic acids is 1. The summed E-state index contributed by atoms with van der Waals surface area (Å²) in [4.78, 5) is 21.6. The zero-order chi connectivity index (χ0) is 12.1. The molecular formula is C10H11ClN2O3. The number of hydrogen-bond donors (Lipinski definition) is 3. The molecule has 16 heavy (non-hydrogen) atoms. The zero-order valence-electron chi connectivity index (χ0n) is 8.31. The third-order valence-corrected chi connectivity index (χ3v) is 2.18. The smallest absolute Gasteiger partial charge is 0.330 e. The molecule has 86 valence electrons. The first kappa shape index (κ1) is 12.5. The molecule has 1 rings (SSSR count). The molecule has 0 aromatic heterocycles. The second kappa shape index (κ2) is 5.48. The van der Waals surface area contributed by atoms with Gasteiger partial charge in [-0.2, -0.15) is 0 Å². The van der Waals surface area contributed by atoms with Gasteiger partial charge in [-0.25, -0.2) is 4.79 Å². The topological polar surface area (TPSA) is 92.4 Å². The molecule has 4 N–H and O–H groups in total. The van der Waals surface area contributed by atoms with Gasteiger partial charge in [-0.3, -0.25) is 4.79 Å². The van der Waals surface area contributed by atoms with E-state index in [0.29, 0.717) is 5.02 Å². The van der Waals surface area contributed by atoms with E-state index in [-0.39, 0.29) is 6.54 Å². The zero-order valence-corrected chi connectivity index (χ0v) is 9.07. The summed E-state index contributed by atoms with van der Waals surface area (Å²) in [5.41, 5.74) is 5.93. The molecule has 0 saturated carbocycles. The van der Waals surface area contributed by atoms with Gasteiger partial charge in [0.25, 0.3) is 0 Å². The van der Waals surface area contributed by atoms with Gasteiger partial charge in [-0.15, -0.1) is 0 Å². The maximum atomic E-state index is 11.2. The number of halogens is 1. The normalized spacial score (nSPS) is 11.9. The van der Waals surface area contributed by atoms with Crippen molar-refractivity contribution in [3.63, 3.8) is 0 Å². The van der Waals surface area contributed by atoms with E-state index in [2.05, 4.69) is 5.32 Å². The molecule has 0 aliphatic carbocycles. The lowest BCUT2D eigenvalue weighted by atomic mass is 10.2. The first-order chi connectivity index (χ1) is 7.50. The predicted octanol–water partition coefficient (Wildman–Crippen LogP) is 0.368. The predicted molar refractivity (Wildman–Crippen MR) is 58.9 cm³/mol. The second-order valence-electron chi connectivity index (χ2n) is 3.16. The van der Waals surface area contributed by atoms with Crippen molar-refractivity contribution < 1.29 is 14.7 Å². The molecule has 6 heteroatoms. The van der Waals surface area contributed by atoms with E-state index in [1.54, 1.807) is 24.3 Å². The van der Waals surface area contributed by atoms with Gasteiger partial charge < -0.3 is 16.2 Å². The van der Waals surface area contributed by atoms with Crippen LogP contribution in [0.25, 0.3) is 0 Å². The van der Waals surface area contributed by atoms with Crippen molar-refractivity contribution in [1.82, 2.24) is 5.32 Å². The first-order valence-corrected chi connectivity index (χ1v) is 4.89. The minimum atomic E-state index is -1.53. The number of benzene rings is 1. The molecule has 1 atom stereocenters. The third kappa shape index (κ3) is 3.52. The lowest BCUT2D eigenvalue weighted by Gasteiger charge is -2.08.